The summed E-state index contributed by atoms with van der Waals surface area (Å²) >= 11 is 0. The van der Waals surface area contributed by atoms with E-state index in [0.717, 1.165) is 9.80 Å². The molecule has 0 unspecified atom stereocenters. The fourth-order valence-electron chi connectivity index (χ4n) is 2.26. The molecule has 0 radical (unpaired) electrons. The highest BCUT2D eigenvalue weighted by molar-refractivity contribution is 6.04. The first-order valence-electron chi connectivity index (χ1n) is 7.55. The van der Waals surface area contributed by atoms with E-state index in [2.05, 4.69) is 5.32 Å². The van der Waals surface area contributed by atoms with Gasteiger partial charge in [-0.25, -0.2) is 4.79 Å². The van der Waals surface area contributed by atoms with Crippen molar-refractivity contribution in [3.05, 3.63) is 24.3 Å². The van der Waals surface area contributed by atoms with Crippen LogP contribution in [0.15, 0.2) is 24.3 Å². The first-order chi connectivity index (χ1) is 11.8. The average Bonchev–Trinajstić information content (AvgIpc) is 2.81. The Balaban J connectivity index is 1.86. The van der Waals surface area contributed by atoms with E-state index in [4.69, 9.17) is 4.74 Å². The molecule has 0 aliphatic carbocycles. The van der Waals surface area contributed by atoms with Gasteiger partial charge in [-0.15, -0.1) is 0 Å². The number of likely N-dealkylation sites (N-methyl/N-ethyl adjacent to an activating group) is 2. The zero-order valence-electron chi connectivity index (χ0n) is 14.3. The molecule has 2 rings (SSSR count). The van der Waals surface area contributed by atoms with Crippen molar-refractivity contribution >= 4 is 29.4 Å². The molecule has 5 amide bonds. The Bertz CT molecular complexity index is 688. The zero-order chi connectivity index (χ0) is 18.6. The lowest BCUT2D eigenvalue weighted by atomic mass is 10.3. The summed E-state index contributed by atoms with van der Waals surface area (Å²) in [6, 6.07) is 6.23. The summed E-state index contributed by atoms with van der Waals surface area (Å²) < 4.78 is 5.03. The van der Waals surface area contributed by atoms with Gasteiger partial charge in [-0.1, -0.05) is 0 Å². The molecule has 1 fully saturated rings. The molecule has 1 aromatic carbocycles. The van der Waals surface area contributed by atoms with Crippen LogP contribution in [-0.2, 0) is 14.4 Å². The maximum atomic E-state index is 12.1. The molecule has 1 heterocycles. The summed E-state index contributed by atoms with van der Waals surface area (Å²) in [5.74, 6) is -0.661. The number of carbonyl (C=O) groups excluding carboxylic acids is 4. The van der Waals surface area contributed by atoms with E-state index in [0.29, 0.717) is 11.4 Å². The van der Waals surface area contributed by atoms with Gasteiger partial charge < -0.3 is 19.9 Å². The van der Waals surface area contributed by atoms with Crippen molar-refractivity contribution < 1.29 is 23.9 Å². The largest absolute Gasteiger partial charge is 0.497 e. The van der Waals surface area contributed by atoms with Gasteiger partial charge in [-0.3, -0.25) is 19.3 Å². The van der Waals surface area contributed by atoms with Crippen LogP contribution < -0.4 is 10.1 Å². The van der Waals surface area contributed by atoms with Crippen LogP contribution in [0.4, 0.5) is 10.5 Å². The average molecular weight is 348 g/mol. The van der Waals surface area contributed by atoms with Crippen molar-refractivity contribution in [3.8, 4) is 5.75 Å². The molecular formula is C16H20N4O5. The molecule has 1 aromatic rings. The lowest BCUT2D eigenvalue weighted by molar-refractivity contribution is -0.137. The van der Waals surface area contributed by atoms with E-state index in [9.17, 15) is 19.2 Å². The maximum absolute atomic E-state index is 12.1. The van der Waals surface area contributed by atoms with Gasteiger partial charge in [-0.05, 0) is 24.3 Å². The predicted octanol–water partition coefficient (Wildman–Crippen LogP) is -0.0139. The Morgan fingerprint density at radius 2 is 1.88 bits per heavy atom. The molecule has 1 saturated heterocycles. The Morgan fingerprint density at radius 1 is 1.24 bits per heavy atom. The minimum absolute atomic E-state index is 0.0478. The number of nitrogens with one attached hydrogen (secondary N) is 1. The smallest absolute Gasteiger partial charge is 0.327 e. The molecule has 0 saturated carbocycles. The zero-order valence-corrected chi connectivity index (χ0v) is 14.3. The number of benzene rings is 1. The lowest BCUT2D eigenvalue weighted by Gasteiger charge is -2.20. The van der Waals surface area contributed by atoms with Crippen molar-refractivity contribution in [3.63, 3.8) is 0 Å². The fraction of sp³-hybridized carbons (Fsp3) is 0.375. The molecule has 9 heteroatoms. The van der Waals surface area contributed by atoms with Gasteiger partial charge in [0.05, 0.1) is 13.7 Å². The number of ether oxygens (including phenoxy) is 1. The minimum Gasteiger partial charge on any atom is -0.497 e. The topological polar surface area (TPSA) is 99.3 Å². The van der Waals surface area contributed by atoms with Crippen molar-refractivity contribution in [2.45, 2.75) is 0 Å². The number of hydrogen-bond acceptors (Lipinski definition) is 5. The van der Waals surface area contributed by atoms with Crippen LogP contribution in [-0.4, -0.2) is 79.3 Å². The van der Waals surface area contributed by atoms with Gasteiger partial charge in [0.15, 0.2) is 0 Å². The van der Waals surface area contributed by atoms with E-state index >= 15 is 0 Å². The normalized spacial score (nSPS) is 13.9. The first kappa shape index (κ1) is 18.2. The van der Waals surface area contributed by atoms with Gasteiger partial charge in [0, 0.05) is 19.8 Å². The van der Waals surface area contributed by atoms with Crippen LogP contribution in [0.5, 0.6) is 5.75 Å². The Hall–Kier alpha value is -3.10. The van der Waals surface area contributed by atoms with Crippen molar-refractivity contribution in [1.29, 1.82) is 0 Å². The number of hydrogen-bond donors (Lipinski definition) is 1. The minimum atomic E-state index is -0.519. The van der Waals surface area contributed by atoms with Gasteiger partial charge >= 0.3 is 6.03 Å². The molecule has 9 nitrogen and oxygen atoms in total. The Kier molecular flexibility index (Phi) is 5.58. The molecule has 0 aromatic heterocycles. The lowest BCUT2D eigenvalue weighted by Crippen LogP contribution is -2.44. The highest BCUT2D eigenvalue weighted by Crippen LogP contribution is 2.15. The quantitative estimate of drug-likeness (QED) is 0.729. The van der Waals surface area contributed by atoms with Gasteiger partial charge in [0.2, 0.25) is 11.8 Å². The van der Waals surface area contributed by atoms with Crippen LogP contribution in [0.1, 0.15) is 0 Å². The third-order valence-corrected chi connectivity index (χ3v) is 3.70. The molecular weight excluding hydrogens is 328 g/mol. The Morgan fingerprint density at radius 3 is 2.40 bits per heavy atom. The number of methoxy groups -OCH3 is 1. The standard InChI is InChI=1S/C16H20N4O5/c1-18(14(22)10-20-15(23)9-19(2)16(20)24)8-13(21)17-11-4-6-12(25-3)7-5-11/h4-7H,8-10H2,1-3H3,(H,17,21). The van der Waals surface area contributed by atoms with Crippen LogP contribution in [0.2, 0.25) is 0 Å². The summed E-state index contributed by atoms with van der Waals surface area (Å²) in [5, 5.41) is 2.65. The summed E-state index contributed by atoms with van der Waals surface area (Å²) in [6.07, 6.45) is 0. The number of imide groups is 1. The number of amides is 5. The van der Waals surface area contributed by atoms with Gasteiger partial charge in [-0.2, -0.15) is 0 Å². The van der Waals surface area contributed by atoms with Gasteiger partial charge in [0.25, 0.3) is 5.91 Å². The number of nitrogens with zero attached hydrogens (tertiary/aromatic N) is 3. The molecule has 1 aliphatic heterocycles. The third-order valence-electron chi connectivity index (χ3n) is 3.70. The third kappa shape index (κ3) is 4.46. The number of rotatable bonds is 6. The fourth-order valence-corrected chi connectivity index (χ4v) is 2.26. The summed E-state index contributed by atoms with van der Waals surface area (Å²) in [7, 11) is 4.46. The first-order valence-corrected chi connectivity index (χ1v) is 7.55. The highest BCUT2D eigenvalue weighted by Gasteiger charge is 2.35. The molecule has 1 N–H and O–H groups in total. The molecule has 0 atom stereocenters. The van der Waals surface area contributed by atoms with Crippen molar-refractivity contribution in [2.24, 2.45) is 0 Å². The van der Waals surface area contributed by atoms with Gasteiger partial charge in [0.1, 0.15) is 18.8 Å². The van der Waals surface area contributed by atoms with E-state index in [1.807, 2.05) is 0 Å². The van der Waals surface area contributed by atoms with Crippen LogP contribution in [0, 0.1) is 0 Å². The second-order valence-electron chi connectivity index (χ2n) is 5.64. The maximum Gasteiger partial charge on any atom is 0.327 e. The van der Waals surface area contributed by atoms with Crippen LogP contribution in [0.3, 0.4) is 0 Å². The van der Waals surface area contributed by atoms with E-state index in [1.165, 1.54) is 19.0 Å². The van der Waals surface area contributed by atoms with Crippen molar-refractivity contribution in [1.82, 2.24) is 14.7 Å². The number of urea groups is 1. The molecule has 0 spiro atoms. The molecule has 134 valence electrons. The number of carbonyl (C=O) groups is 4. The van der Waals surface area contributed by atoms with E-state index in [-0.39, 0.29) is 19.6 Å². The summed E-state index contributed by atoms with van der Waals surface area (Å²) in [5.41, 5.74) is 0.568. The van der Waals surface area contributed by atoms with Crippen molar-refractivity contribution in [2.75, 3.05) is 46.2 Å². The molecule has 1 aliphatic rings. The Labute approximate surface area is 145 Å². The molecule has 25 heavy (non-hydrogen) atoms. The summed E-state index contributed by atoms with van der Waals surface area (Å²) in [6.45, 7) is -0.626. The number of anilines is 1. The van der Waals surface area contributed by atoms with Crippen LogP contribution >= 0.6 is 0 Å². The second-order valence-corrected chi connectivity index (χ2v) is 5.64. The monoisotopic (exact) mass is 348 g/mol. The van der Waals surface area contributed by atoms with E-state index in [1.54, 1.807) is 31.4 Å². The second kappa shape index (κ2) is 7.65. The van der Waals surface area contributed by atoms with Crippen LogP contribution in [0.25, 0.3) is 0 Å². The predicted molar refractivity (Wildman–Crippen MR) is 89.0 cm³/mol. The summed E-state index contributed by atoms with van der Waals surface area (Å²) in [4.78, 5) is 50.8. The van der Waals surface area contributed by atoms with E-state index < -0.39 is 23.8 Å². The molecule has 0 bridgehead atoms. The highest BCUT2D eigenvalue weighted by atomic mass is 16.5. The SMILES string of the molecule is COc1ccc(NC(=O)CN(C)C(=O)CN2C(=O)CN(C)C2=O)cc1.